The molecule has 0 N–H and O–H groups in total. The van der Waals surface area contributed by atoms with Gasteiger partial charge in [-0.05, 0) is 30.6 Å². The van der Waals surface area contributed by atoms with Crippen LogP contribution >= 0.6 is 0 Å². The monoisotopic (exact) mass is 370 g/mol. The Morgan fingerprint density at radius 2 is 1.19 bits per heavy atom. The predicted octanol–water partition coefficient (Wildman–Crippen LogP) is 5.63. The van der Waals surface area contributed by atoms with Crippen LogP contribution in [0, 0.1) is 29.6 Å². The molecule has 4 heteroatoms. The first kappa shape index (κ1) is 24.9. The highest BCUT2D eigenvalue weighted by Crippen LogP contribution is 2.31. The van der Waals surface area contributed by atoms with Crippen molar-refractivity contribution in [1.29, 1.82) is 0 Å². The zero-order valence-corrected chi connectivity index (χ0v) is 18.2. The van der Waals surface area contributed by atoms with Gasteiger partial charge in [-0.2, -0.15) is 0 Å². The summed E-state index contributed by atoms with van der Waals surface area (Å²) >= 11 is 0. The molecule has 0 saturated heterocycles. The molecular formula is C22H42O4. The molecule has 0 amide bonds. The second-order valence-electron chi connectivity index (χ2n) is 8.35. The Balaban J connectivity index is 5.34. The molecule has 0 aliphatic rings. The summed E-state index contributed by atoms with van der Waals surface area (Å²) in [6.45, 7) is 15.2. The summed E-state index contributed by atoms with van der Waals surface area (Å²) in [5, 5.41) is 0. The van der Waals surface area contributed by atoms with Gasteiger partial charge in [-0.15, -0.1) is 0 Å². The molecule has 4 nitrogen and oxygen atoms in total. The van der Waals surface area contributed by atoms with Crippen LogP contribution in [0.15, 0.2) is 0 Å². The predicted molar refractivity (Wildman–Crippen MR) is 107 cm³/mol. The number of esters is 2. The van der Waals surface area contributed by atoms with Crippen LogP contribution in [0.1, 0.15) is 87.0 Å². The first-order valence-electron chi connectivity index (χ1n) is 10.6. The number of carbonyl (C=O) groups is 2. The van der Waals surface area contributed by atoms with Crippen molar-refractivity contribution < 1.29 is 19.1 Å². The van der Waals surface area contributed by atoms with E-state index in [1.807, 2.05) is 34.6 Å². The number of carbonyl (C=O) groups excluding carboxylic acids is 2. The van der Waals surface area contributed by atoms with E-state index in [9.17, 15) is 9.59 Å². The van der Waals surface area contributed by atoms with Crippen molar-refractivity contribution in [2.75, 3.05) is 13.2 Å². The lowest BCUT2D eigenvalue weighted by Crippen LogP contribution is -2.35. The molecule has 0 fully saturated rings. The van der Waals surface area contributed by atoms with Crippen LogP contribution in [0.25, 0.3) is 0 Å². The van der Waals surface area contributed by atoms with E-state index in [-0.39, 0.29) is 23.8 Å². The third kappa shape index (κ3) is 10.2. The fourth-order valence-electron chi connectivity index (χ4n) is 3.19. The van der Waals surface area contributed by atoms with Crippen LogP contribution in [0.4, 0.5) is 0 Å². The van der Waals surface area contributed by atoms with Crippen molar-refractivity contribution in [3.8, 4) is 0 Å². The van der Waals surface area contributed by atoms with Crippen molar-refractivity contribution >= 4 is 11.9 Å². The van der Waals surface area contributed by atoms with Gasteiger partial charge < -0.3 is 9.47 Å². The third-order valence-electron chi connectivity index (χ3n) is 4.67. The SMILES string of the molecule is CCCC(CC)CC(C(=O)OCC(C)C)C(CCC)C(=O)OCC(C)C. The Bertz CT molecular complexity index is 390. The Morgan fingerprint density at radius 1 is 0.731 bits per heavy atom. The molecular weight excluding hydrogens is 328 g/mol. The van der Waals surface area contributed by atoms with Crippen molar-refractivity contribution in [1.82, 2.24) is 0 Å². The van der Waals surface area contributed by atoms with Gasteiger partial charge in [0.25, 0.3) is 0 Å². The molecule has 0 saturated carbocycles. The van der Waals surface area contributed by atoms with Crippen LogP contribution in [0.2, 0.25) is 0 Å². The second-order valence-corrected chi connectivity index (χ2v) is 8.35. The minimum Gasteiger partial charge on any atom is -0.465 e. The highest BCUT2D eigenvalue weighted by atomic mass is 16.5. The van der Waals surface area contributed by atoms with E-state index in [0.717, 1.165) is 25.7 Å². The number of hydrogen-bond donors (Lipinski definition) is 0. The third-order valence-corrected chi connectivity index (χ3v) is 4.67. The molecule has 0 radical (unpaired) electrons. The van der Waals surface area contributed by atoms with Gasteiger partial charge in [0, 0.05) is 0 Å². The first-order chi connectivity index (χ1) is 12.3. The highest BCUT2D eigenvalue weighted by Gasteiger charge is 2.36. The van der Waals surface area contributed by atoms with E-state index in [1.165, 1.54) is 0 Å². The quantitative estimate of drug-likeness (QED) is 0.372. The van der Waals surface area contributed by atoms with E-state index >= 15 is 0 Å². The number of rotatable bonds is 14. The van der Waals surface area contributed by atoms with E-state index in [2.05, 4.69) is 13.8 Å². The van der Waals surface area contributed by atoms with Crippen LogP contribution < -0.4 is 0 Å². The molecule has 0 bridgehead atoms. The van der Waals surface area contributed by atoms with Crippen molar-refractivity contribution in [3.63, 3.8) is 0 Å². The molecule has 0 aliphatic heterocycles. The summed E-state index contributed by atoms with van der Waals surface area (Å²) in [4.78, 5) is 25.6. The standard InChI is InChI=1S/C22H42O4/c1-8-11-18(10-3)13-20(22(24)26-15-17(6)7)19(12-9-2)21(23)25-14-16(4)5/h16-20H,8-15H2,1-7H3. The zero-order chi connectivity index (χ0) is 20.1. The maximum Gasteiger partial charge on any atom is 0.309 e. The van der Waals surface area contributed by atoms with Gasteiger partial charge in [-0.3, -0.25) is 9.59 Å². The molecule has 0 aliphatic carbocycles. The second kappa shape index (κ2) is 14.1. The zero-order valence-electron chi connectivity index (χ0n) is 18.2. The van der Waals surface area contributed by atoms with Gasteiger partial charge in [0.2, 0.25) is 0 Å². The fourth-order valence-corrected chi connectivity index (χ4v) is 3.19. The highest BCUT2D eigenvalue weighted by molar-refractivity contribution is 5.82. The Labute approximate surface area is 161 Å². The Kier molecular flexibility index (Phi) is 13.5. The van der Waals surface area contributed by atoms with Crippen LogP contribution in [0.3, 0.4) is 0 Å². The summed E-state index contributed by atoms with van der Waals surface area (Å²) in [6.07, 6.45) is 5.40. The van der Waals surface area contributed by atoms with Crippen LogP contribution in [-0.4, -0.2) is 25.2 Å². The molecule has 0 spiro atoms. The summed E-state index contributed by atoms with van der Waals surface area (Å²) in [5.74, 6) is -0.250. The average molecular weight is 371 g/mol. The molecule has 0 aromatic rings. The van der Waals surface area contributed by atoms with Gasteiger partial charge in [-0.25, -0.2) is 0 Å². The summed E-state index contributed by atoms with van der Waals surface area (Å²) in [7, 11) is 0. The minimum absolute atomic E-state index is 0.229. The summed E-state index contributed by atoms with van der Waals surface area (Å²) in [5.41, 5.74) is 0. The number of hydrogen-bond acceptors (Lipinski definition) is 4. The van der Waals surface area contributed by atoms with Crippen molar-refractivity contribution in [2.45, 2.75) is 87.0 Å². The van der Waals surface area contributed by atoms with Gasteiger partial charge in [0.15, 0.2) is 0 Å². The lowest BCUT2D eigenvalue weighted by atomic mass is 9.80. The number of ether oxygens (including phenoxy) is 2. The molecule has 26 heavy (non-hydrogen) atoms. The van der Waals surface area contributed by atoms with Crippen molar-refractivity contribution in [3.05, 3.63) is 0 Å². The molecule has 3 atom stereocenters. The average Bonchev–Trinajstić information content (AvgIpc) is 2.59. The maximum atomic E-state index is 12.8. The normalized spacial score (nSPS) is 15.0. The largest absolute Gasteiger partial charge is 0.465 e. The lowest BCUT2D eigenvalue weighted by molar-refractivity contribution is -0.163. The van der Waals surface area contributed by atoms with Crippen LogP contribution in [-0.2, 0) is 19.1 Å². The van der Waals surface area contributed by atoms with Gasteiger partial charge in [-0.1, -0.05) is 74.1 Å². The minimum atomic E-state index is -0.399. The van der Waals surface area contributed by atoms with Gasteiger partial charge >= 0.3 is 11.9 Å². The van der Waals surface area contributed by atoms with Crippen molar-refractivity contribution in [2.24, 2.45) is 29.6 Å². The van der Waals surface area contributed by atoms with Gasteiger partial charge in [0.05, 0.1) is 25.0 Å². The summed E-state index contributed by atoms with van der Waals surface area (Å²) < 4.78 is 11.0. The van der Waals surface area contributed by atoms with E-state index in [1.54, 1.807) is 0 Å². The molecule has 0 aromatic heterocycles. The van der Waals surface area contributed by atoms with Crippen LogP contribution in [0.5, 0.6) is 0 Å². The topological polar surface area (TPSA) is 52.6 Å². The Morgan fingerprint density at radius 3 is 1.58 bits per heavy atom. The lowest BCUT2D eigenvalue weighted by Gasteiger charge is -2.28. The fraction of sp³-hybridized carbons (Fsp3) is 0.909. The molecule has 3 unspecified atom stereocenters. The van der Waals surface area contributed by atoms with E-state index in [0.29, 0.717) is 32.0 Å². The Hall–Kier alpha value is -1.06. The smallest absolute Gasteiger partial charge is 0.309 e. The maximum absolute atomic E-state index is 12.8. The molecule has 154 valence electrons. The first-order valence-corrected chi connectivity index (χ1v) is 10.6. The van der Waals surface area contributed by atoms with E-state index in [4.69, 9.17) is 9.47 Å². The molecule has 0 aromatic carbocycles. The summed E-state index contributed by atoms with van der Waals surface area (Å²) in [6, 6.07) is 0. The van der Waals surface area contributed by atoms with Gasteiger partial charge in [0.1, 0.15) is 0 Å². The molecule has 0 rings (SSSR count). The van der Waals surface area contributed by atoms with E-state index < -0.39 is 11.8 Å². The molecule has 0 heterocycles.